The summed E-state index contributed by atoms with van der Waals surface area (Å²) in [5, 5.41) is 21.6. The summed E-state index contributed by atoms with van der Waals surface area (Å²) >= 11 is 0. The Bertz CT molecular complexity index is 771. The standard InChI is InChI=1S/C23H31N3O3/c1-25(15-12-20-9-5-6-14-24-20)18-23(29)13-16-26(17-21(23)27)22(28)11-10-19-7-3-2-4-8-19/h2-9,14,21,27,29H,10-13,15-18H2,1H3/t21-,23-/m0/s1. The Morgan fingerprint density at radius 2 is 1.97 bits per heavy atom. The van der Waals surface area contributed by atoms with E-state index >= 15 is 0 Å². The van der Waals surface area contributed by atoms with E-state index in [9.17, 15) is 15.0 Å². The highest BCUT2D eigenvalue weighted by atomic mass is 16.3. The van der Waals surface area contributed by atoms with Crippen LogP contribution in [0, 0.1) is 0 Å². The lowest BCUT2D eigenvalue weighted by atomic mass is 9.87. The first-order valence-corrected chi connectivity index (χ1v) is 10.3. The number of likely N-dealkylation sites (N-methyl/N-ethyl adjacent to an activating group) is 1. The minimum atomic E-state index is -1.20. The molecule has 0 unspecified atom stereocenters. The first kappa shape index (κ1) is 21.4. The smallest absolute Gasteiger partial charge is 0.222 e. The summed E-state index contributed by atoms with van der Waals surface area (Å²) in [6.07, 6.45) is 3.09. The molecule has 1 aliphatic heterocycles. The van der Waals surface area contributed by atoms with Crippen molar-refractivity contribution < 1.29 is 15.0 Å². The molecule has 0 bridgehead atoms. The van der Waals surface area contributed by atoms with Gasteiger partial charge in [0.1, 0.15) is 11.7 Å². The summed E-state index contributed by atoms with van der Waals surface area (Å²) in [6, 6.07) is 15.8. The minimum absolute atomic E-state index is 0.0264. The Morgan fingerprint density at radius 3 is 2.66 bits per heavy atom. The molecule has 0 spiro atoms. The SMILES string of the molecule is CN(CCc1ccccn1)C[C@@]1(O)CCN(C(=O)CCc2ccccc2)C[C@@H]1O. The van der Waals surface area contributed by atoms with Crippen LogP contribution in [0.4, 0.5) is 0 Å². The van der Waals surface area contributed by atoms with Crippen molar-refractivity contribution in [2.24, 2.45) is 0 Å². The second kappa shape index (κ2) is 9.96. The van der Waals surface area contributed by atoms with Crippen LogP contribution < -0.4 is 0 Å². The molecule has 2 N–H and O–H groups in total. The van der Waals surface area contributed by atoms with Crippen LogP contribution in [0.1, 0.15) is 24.1 Å². The third kappa shape index (κ3) is 6.10. The van der Waals surface area contributed by atoms with Crippen LogP contribution in [0.15, 0.2) is 54.7 Å². The molecule has 29 heavy (non-hydrogen) atoms. The number of rotatable bonds is 8. The second-order valence-electron chi connectivity index (χ2n) is 8.00. The predicted octanol–water partition coefficient (Wildman–Crippen LogP) is 1.51. The zero-order valence-electron chi connectivity index (χ0n) is 17.1. The largest absolute Gasteiger partial charge is 0.388 e. The van der Waals surface area contributed by atoms with E-state index in [-0.39, 0.29) is 12.5 Å². The Balaban J connectivity index is 1.45. The summed E-state index contributed by atoms with van der Waals surface area (Å²) in [4.78, 5) is 20.5. The number of aromatic nitrogens is 1. The van der Waals surface area contributed by atoms with Crippen LogP contribution in [-0.4, -0.2) is 75.8 Å². The number of aryl methyl sites for hydroxylation is 1. The van der Waals surface area contributed by atoms with E-state index < -0.39 is 11.7 Å². The van der Waals surface area contributed by atoms with E-state index in [2.05, 4.69) is 4.98 Å². The molecule has 2 atom stereocenters. The molecule has 156 valence electrons. The van der Waals surface area contributed by atoms with Gasteiger partial charge < -0.3 is 20.0 Å². The maximum Gasteiger partial charge on any atom is 0.222 e. The average molecular weight is 398 g/mol. The van der Waals surface area contributed by atoms with Crippen molar-refractivity contribution in [1.82, 2.24) is 14.8 Å². The summed E-state index contributed by atoms with van der Waals surface area (Å²) in [5.41, 5.74) is 0.935. The topological polar surface area (TPSA) is 76.9 Å². The number of hydrogen-bond donors (Lipinski definition) is 2. The van der Waals surface area contributed by atoms with Crippen molar-refractivity contribution in [3.8, 4) is 0 Å². The van der Waals surface area contributed by atoms with Gasteiger partial charge in [-0.1, -0.05) is 36.4 Å². The number of nitrogens with zero attached hydrogens (tertiary/aromatic N) is 3. The number of hydrogen-bond acceptors (Lipinski definition) is 5. The van der Waals surface area contributed by atoms with Gasteiger partial charge in [-0.25, -0.2) is 0 Å². The highest BCUT2D eigenvalue weighted by Crippen LogP contribution is 2.24. The molecular weight excluding hydrogens is 366 g/mol. The van der Waals surface area contributed by atoms with Crippen molar-refractivity contribution in [3.05, 3.63) is 66.0 Å². The van der Waals surface area contributed by atoms with Gasteiger partial charge in [0.05, 0.1) is 0 Å². The summed E-state index contributed by atoms with van der Waals surface area (Å²) in [5.74, 6) is 0.0264. The van der Waals surface area contributed by atoms with Crippen LogP contribution in [0.2, 0.25) is 0 Å². The summed E-state index contributed by atoms with van der Waals surface area (Å²) in [6.45, 7) is 1.76. The van der Waals surface area contributed by atoms with Crippen LogP contribution in [-0.2, 0) is 17.6 Å². The molecule has 3 rings (SSSR count). The van der Waals surface area contributed by atoms with E-state index in [1.54, 1.807) is 11.1 Å². The number of aliphatic hydroxyl groups is 2. The van der Waals surface area contributed by atoms with Crippen molar-refractivity contribution in [2.45, 2.75) is 37.4 Å². The molecule has 2 heterocycles. The molecule has 1 fully saturated rings. The Morgan fingerprint density at radius 1 is 1.21 bits per heavy atom. The third-order valence-electron chi connectivity index (χ3n) is 5.67. The van der Waals surface area contributed by atoms with E-state index in [1.807, 2.05) is 60.5 Å². The van der Waals surface area contributed by atoms with E-state index in [1.165, 1.54) is 0 Å². The molecule has 1 aliphatic rings. The molecule has 1 amide bonds. The number of likely N-dealkylation sites (tertiary alicyclic amines) is 1. The zero-order valence-corrected chi connectivity index (χ0v) is 17.1. The zero-order chi connectivity index (χ0) is 20.7. The van der Waals surface area contributed by atoms with Crippen molar-refractivity contribution in [2.75, 3.05) is 33.2 Å². The fourth-order valence-corrected chi connectivity index (χ4v) is 3.83. The number of carbonyl (C=O) groups excluding carboxylic acids is 1. The lowest BCUT2D eigenvalue weighted by Gasteiger charge is -2.43. The minimum Gasteiger partial charge on any atom is -0.388 e. The van der Waals surface area contributed by atoms with E-state index in [0.717, 1.165) is 24.2 Å². The number of aliphatic hydroxyl groups excluding tert-OH is 1. The fourth-order valence-electron chi connectivity index (χ4n) is 3.83. The van der Waals surface area contributed by atoms with E-state index in [0.29, 0.717) is 32.4 Å². The van der Waals surface area contributed by atoms with Gasteiger partial charge in [0.15, 0.2) is 0 Å². The Hall–Kier alpha value is -2.28. The van der Waals surface area contributed by atoms with Gasteiger partial charge in [-0.05, 0) is 37.6 Å². The maximum atomic E-state index is 12.5. The van der Waals surface area contributed by atoms with Gasteiger partial charge in [-0.15, -0.1) is 0 Å². The number of piperidine rings is 1. The predicted molar refractivity (Wildman–Crippen MR) is 112 cm³/mol. The first-order valence-electron chi connectivity index (χ1n) is 10.3. The maximum absolute atomic E-state index is 12.5. The molecule has 0 saturated carbocycles. The van der Waals surface area contributed by atoms with E-state index in [4.69, 9.17) is 0 Å². The van der Waals surface area contributed by atoms with Crippen LogP contribution >= 0.6 is 0 Å². The van der Waals surface area contributed by atoms with Crippen LogP contribution in [0.3, 0.4) is 0 Å². The second-order valence-corrected chi connectivity index (χ2v) is 8.00. The number of pyridine rings is 1. The lowest BCUT2D eigenvalue weighted by molar-refractivity contribution is -0.152. The van der Waals surface area contributed by atoms with Crippen LogP contribution in [0.25, 0.3) is 0 Å². The van der Waals surface area contributed by atoms with Crippen molar-refractivity contribution >= 4 is 5.91 Å². The van der Waals surface area contributed by atoms with Gasteiger partial charge in [0.25, 0.3) is 0 Å². The molecule has 0 aliphatic carbocycles. The molecule has 1 saturated heterocycles. The quantitative estimate of drug-likeness (QED) is 0.706. The molecule has 2 aromatic rings. The highest BCUT2D eigenvalue weighted by Gasteiger charge is 2.42. The van der Waals surface area contributed by atoms with Gasteiger partial charge in [0, 0.05) is 50.9 Å². The monoisotopic (exact) mass is 397 g/mol. The van der Waals surface area contributed by atoms with Gasteiger partial charge in [-0.2, -0.15) is 0 Å². The lowest BCUT2D eigenvalue weighted by Crippen LogP contribution is -2.60. The number of carbonyl (C=O) groups is 1. The average Bonchev–Trinajstić information content (AvgIpc) is 2.74. The molecule has 1 aromatic heterocycles. The summed E-state index contributed by atoms with van der Waals surface area (Å²) in [7, 11) is 1.94. The van der Waals surface area contributed by atoms with Gasteiger partial charge in [0.2, 0.25) is 5.91 Å². The molecule has 6 nitrogen and oxygen atoms in total. The molecule has 6 heteroatoms. The highest BCUT2D eigenvalue weighted by molar-refractivity contribution is 5.76. The summed E-state index contributed by atoms with van der Waals surface area (Å²) < 4.78 is 0. The first-order chi connectivity index (χ1) is 14.0. The van der Waals surface area contributed by atoms with Crippen LogP contribution in [0.5, 0.6) is 0 Å². The third-order valence-corrected chi connectivity index (χ3v) is 5.67. The number of β-amino-alcohol motifs (C(OH)–C–C–N with tert-alkyl or cyclic N) is 1. The van der Waals surface area contributed by atoms with Gasteiger partial charge in [-0.3, -0.25) is 9.78 Å². The molecular formula is C23H31N3O3. The number of benzene rings is 1. The van der Waals surface area contributed by atoms with Crippen molar-refractivity contribution in [3.63, 3.8) is 0 Å². The molecule has 1 aromatic carbocycles. The molecule has 0 radical (unpaired) electrons. The normalized spacial score (nSPS) is 22.1. The van der Waals surface area contributed by atoms with Crippen molar-refractivity contribution in [1.29, 1.82) is 0 Å². The Kier molecular flexibility index (Phi) is 7.36. The number of amides is 1. The van der Waals surface area contributed by atoms with Gasteiger partial charge >= 0.3 is 0 Å². The Labute approximate surface area is 172 Å². The fraction of sp³-hybridized carbons (Fsp3) is 0.478.